The minimum Gasteiger partial charge on any atom is -0.350 e. The van der Waals surface area contributed by atoms with Crippen molar-refractivity contribution in [2.24, 2.45) is 5.73 Å². The maximum Gasteiger partial charge on any atom is 0.236 e. The lowest BCUT2D eigenvalue weighted by Crippen LogP contribution is -2.37. The number of thiazole rings is 1. The number of hydrogen-bond donors (Lipinski definition) is 2. The van der Waals surface area contributed by atoms with Crippen molar-refractivity contribution < 1.29 is 4.79 Å². The average Bonchev–Trinajstić information content (AvgIpc) is 2.78. The molecular formula is C14H17N3OS. The minimum absolute atomic E-state index is 0.144. The second-order valence-corrected chi connectivity index (χ2v) is 5.48. The number of carbonyl (C=O) groups is 1. The summed E-state index contributed by atoms with van der Waals surface area (Å²) in [5.74, 6) is -0.144. The molecule has 0 fully saturated rings. The largest absolute Gasteiger partial charge is 0.350 e. The molecule has 0 saturated heterocycles. The van der Waals surface area contributed by atoms with Gasteiger partial charge >= 0.3 is 0 Å². The van der Waals surface area contributed by atoms with Gasteiger partial charge in [0, 0.05) is 10.4 Å². The van der Waals surface area contributed by atoms with Gasteiger partial charge in [-0.25, -0.2) is 4.98 Å². The zero-order chi connectivity index (χ0) is 13.8. The van der Waals surface area contributed by atoms with Crippen molar-refractivity contribution in [2.45, 2.75) is 26.4 Å². The molecule has 1 heterocycles. The van der Waals surface area contributed by atoms with Crippen molar-refractivity contribution in [3.8, 4) is 10.6 Å². The Morgan fingerprint density at radius 3 is 2.74 bits per heavy atom. The number of nitrogens with two attached hydrogens (primary N) is 1. The van der Waals surface area contributed by atoms with Crippen molar-refractivity contribution in [1.82, 2.24) is 10.3 Å². The second-order valence-electron chi connectivity index (χ2n) is 4.40. The summed E-state index contributed by atoms with van der Waals surface area (Å²) < 4.78 is 0. The number of aromatic nitrogens is 1. The Hall–Kier alpha value is -1.72. The van der Waals surface area contributed by atoms with Crippen molar-refractivity contribution in [1.29, 1.82) is 0 Å². The van der Waals surface area contributed by atoms with Gasteiger partial charge in [-0.05, 0) is 13.8 Å². The summed E-state index contributed by atoms with van der Waals surface area (Å²) >= 11 is 1.60. The normalized spacial score (nSPS) is 12.2. The van der Waals surface area contributed by atoms with Gasteiger partial charge in [-0.3, -0.25) is 4.79 Å². The lowest BCUT2D eigenvalue weighted by Gasteiger charge is -2.06. The van der Waals surface area contributed by atoms with Gasteiger partial charge in [-0.2, -0.15) is 0 Å². The third-order valence-electron chi connectivity index (χ3n) is 2.75. The highest BCUT2D eigenvalue weighted by molar-refractivity contribution is 7.15. The predicted molar refractivity (Wildman–Crippen MR) is 77.8 cm³/mol. The number of rotatable bonds is 4. The molecule has 1 aromatic carbocycles. The van der Waals surface area contributed by atoms with Crippen molar-refractivity contribution >= 4 is 17.2 Å². The fourth-order valence-corrected chi connectivity index (χ4v) is 2.63. The van der Waals surface area contributed by atoms with Crippen molar-refractivity contribution in [3.05, 3.63) is 40.9 Å². The van der Waals surface area contributed by atoms with Gasteiger partial charge in [-0.15, -0.1) is 11.3 Å². The van der Waals surface area contributed by atoms with E-state index in [1.54, 1.807) is 18.3 Å². The standard InChI is InChI=1S/C14H17N3OS/c1-9(15)13(18)16-8-12-10(2)17-14(19-12)11-6-4-3-5-7-11/h3-7,9H,8,15H2,1-2H3,(H,16,18)/t9-/m0/s1. The number of nitrogens with one attached hydrogen (secondary N) is 1. The summed E-state index contributed by atoms with van der Waals surface area (Å²) in [7, 11) is 0. The maximum absolute atomic E-state index is 11.5. The zero-order valence-electron chi connectivity index (χ0n) is 11.0. The molecule has 0 aliphatic rings. The molecule has 0 aliphatic carbocycles. The van der Waals surface area contributed by atoms with Crippen LogP contribution in [-0.2, 0) is 11.3 Å². The highest BCUT2D eigenvalue weighted by Crippen LogP contribution is 2.27. The third kappa shape index (κ3) is 3.39. The van der Waals surface area contributed by atoms with E-state index < -0.39 is 6.04 Å². The van der Waals surface area contributed by atoms with Gasteiger partial charge in [0.25, 0.3) is 0 Å². The van der Waals surface area contributed by atoms with E-state index in [1.807, 2.05) is 37.3 Å². The van der Waals surface area contributed by atoms with E-state index in [4.69, 9.17) is 5.73 Å². The summed E-state index contributed by atoms with van der Waals surface area (Å²) in [4.78, 5) is 17.1. The molecule has 5 heteroatoms. The van der Waals surface area contributed by atoms with E-state index >= 15 is 0 Å². The Morgan fingerprint density at radius 1 is 1.42 bits per heavy atom. The number of amides is 1. The molecule has 0 aliphatic heterocycles. The van der Waals surface area contributed by atoms with Crippen LogP contribution < -0.4 is 11.1 Å². The number of carbonyl (C=O) groups excluding carboxylic acids is 1. The SMILES string of the molecule is Cc1nc(-c2ccccc2)sc1CNC(=O)[C@H](C)N. The number of nitrogens with zero attached hydrogens (tertiary/aromatic N) is 1. The van der Waals surface area contributed by atoms with E-state index in [1.165, 1.54) is 0 Å². The molecule has 2 rings (SSSR count). The van der Waals surface area contributed by atoms with Gasteiger partial charge in [0.05, 0.1) is 18.3 Å². The summed E-state index contributed by atoms with van der Waals surface area (Å²) in [6, 6.07) is 9.54. The Kier molecular flexibility index (Phi) is 4.29. The van der Waals surface area contributed by atoms with Crippen LogP contribution in [0.25, 0.3) is 10.6 Å². The summed E-state index contributed by atoms with van der Waals surface area (Å²) in [5, 5.41) is 3.79. The molecule has 3 N–H and O–H groups in total. The maximum atomic E-state index is 11.5. The quantitative estimate of drug-likeness (QED) is 0.897. The first kappa shape index (κ1) is 13.7. The molecule has 0 unspecified atom stereocenters. The van der Waals surface area contributed by atoms with E-state index in [0.29, 0.717) is 6.54 Å². The van der Waals surface area contributed by atoms with Crippen LogP contribution in [0.2, 0.25) is 0 Å². The average molecular weight is 275 g/mol. The van der Waals surface area contributed by atoms with Crippen LogP contribution in [0.15, 0.2) is 30.3 Å². The first-order valence-electron chi connectivity index (χ1n) is 6.13. The van der Waals surface area contributed by atoms with Crippen molar-refractivity contribution in [2.75, 3.05) is 0 Å². The van der Waals surface area contributed by atoms with E-state index in [-0.39, 0.29) is 5.91 Å². The highest BCUT2D eigenvalue weighted by atomic mass is 32.1. The number of aryl methyl sites for hydroxylation is 1. The summed E-state index contributed by atoms with van der Waals surface area (Å²) in [5.41, 5.74) is 7.56. The smallest absolute Gasteiger partial charge is 0.236 e. The van der Waals surface area contributed by atoms with Crippen LogP contribution in [0.4, 0.5) is 0 Å². The Labute approximate surface area is 116 Å². The third-order valence-corrected chi connectivity index (χ3v) is 3.96. The van der Waals surface area contributed by atoms with Crippen LogP contribution >= 0.6 is 11.3 Å². The molecule has 1 atom stereocenters. The molecule has 1 amide bonds. The lowest BCUT2D eigenvalue weighted by atomic mass is 10.2. The first-order valence-corrected chi connectivity index (χ1v) is 6.94. The fraction of sp³-hybridized carbons (Fsp3) is 0.286. The minimum atomic E-state index is -0.484. The summed E-state index contributed by atoms with van der Waals surface area (Å²) in [6.07, 6.45) is 0. The Bertz CT molecular complexity index is 563. The van der Waals surface area contributed by atoms with Crippen LogP contribution in [-0.4, -0.2) is 16.9 Å². The molecule has 4 nitrogen and oxygen atoms in total. The molecule has 0 saturated carbocycles. The van der Waals surface area contributed by atoms with E-state index in [0.717, 1.165) is 21.1 Å². The van der Waals surface area contributed by atoms with Gasteiger partial charge in [-0.1, -0.05) is 30.3 Å². The van der Waals surface area contributed by atoms with Crippen LogP contribution in [0.3, 0.4) is 0 Å². The van der Waals surface area contributed by atoms with E-state index in [9.17, 15) is 4.79 Å². The van der Waals surface area contributed by atoms with Crippen LogP contribution in [0, 0.1) is 6.92 Å². The van der Waals surface area contributed by atoms with Gasteiger partial charge in [0.1, 0.15) is 5.01 Å². The predicted octanol–water partition coefficient (Wildman–Crippen LogP) is 2.08. The van der Waals surface area contributed by atoms with Gasteiger partial charge in [0.2, 0.25) is 5.91 Å². The summed E-state index contributed by atoms with van der Waals surface area (Å²) in [6.45, 7) is 4.11. The fourth-order valence-electron chi connectivity index (χ4n) is 1.62. The second kappa shape index (κ2) is 5.95. The van der Waals surface area contributed by atoms with Gasteiger partial charge < -0.3 is 11.1 Å². The van der Waals surface area contributed by atoms with Crippen molar-refractivity contribution in [3.63, 3.8) is 0 Å². The highest BCUT2D eigenvalue weighted by Gasteiger charge is 2.11. The number of benzene rings is 1. The topological polar surface area (TPSA) is 68.0 Å². The Balaban J connectivity index is 2.12. The number of hydrogen-bond acceptors (Lipinski definition) is 4. The molecule has 2 aromatic rings. The molecule has 0 bridgehead atoms. The molecule has 19 heavy (non-hydrogen) atoms. The van der Waals surface area contributed by atoms with E-state index in [2.05, 4.69) is 10.3 Å². The molecule has 0 radical (unpaired) electrons. The monoisotopic (exact) mass is 275 g/mol. The Morgan fingerprint density at radius 2 is 2.11 bits per heavy atom. The first-order chi connectivity index (χ1) is 9.08. The lowest BCUT2D eigenvalue weighted by molar-refractivity contribution is -0.122. The molecule has 1 aromatic heterocycles. The van der Waals surface area contributed by atoms with Crippen LogP contribution in [0.1, 0.15) is 17.5 Å². The van der Waals surface area contributed by atoms with Gasteiger partial charge in [0.15, 0.2) is 0 Å². The molecule has 100 valence electrons. The molecular weight excluding hydrogens is 258 g/mol. The van der Waals surface area contributed by atoms with Crippen LogP contribution in [0.5, 0.6) is 0 Å². The molecule has 0 spiro atoms. The zero-order valence-corrected chi connectivity index (χ0v) is 11.8.